The van der Waals surface area contributed by atoms with Gasteiger partial charge in [-0.2, -0.15) is 0 Å². The molecular weight excluding hydrogens is 252 g/mol. The summed E-state index contributed by atoms with van der Waals surface area (Å²) in [5, 5.41) is 12.3. The predicted octanol–water partition coefficient (Wildman–Crippen LogP) is 2.21. The van der Waals surface area contributed by atoms with Crippen molar-refractivity contribution in [1.82, 2.24) is 4.98 Å². The highest BCUT2D eigenvalue weighted by Crippen LogP contribution is 2.42. The Balaban J connectivity index is 2.13. The highest BCUT2D eigenvalue weighted by molar-refractivity contribution is 7.15. The number of amides is 1. The molecule has 18 heavy (non-hydrogen) atoms. The second-order valence-electron chi connectivity index (χ2n) is 4.57. The Bertz CT molecular complexity index is 492. The van der Waals surface area contributed by atoms with E-state index >= 15 is 0 Å². The first-order valence-corrected chi connectivity index (χ1v) is 6.82. The molecule has 6 heteroatoms. The van der Waals surface area contributed by atoms with Crippen LogP contribution in [0.4, 0.5) is 5.13 Å². The number of hydrogen-bond donors (Lipinski definition) is 2. The van der Waals surface area contributed by atoms with E-state index in [1.807, 2.05) is 13.8 Å². The average Bonchev–Trinajstić information content (AvgIpc) is 2.56. The number of aryl methyl sites for hydroxylation is 2. The van der Waals surface area contributed by atoms with E-state index in [0.717, 1.165) is 23.4 Å². The van der Waals surface area contributed by atoms with Crippen LogP contribution in [-0.2, 0) is 16.0 Å². The summed E-state index contributed by atoms with van der Waals surface area (Å²) in [7, 11) is 0. The van der Waals surface area contributed by atoms with Gasteiger partial charge in [-0.25, -0.2) is 4.98 Å². The van der Waals surface area contributed by atoms with E-state index in [4.69, 9.17) is 5.11 Å². The van der Waals surface area contributed by atoms with Gasteiger partial charge in [-0.3, -0.25) is 9.59 Å². The van der Waals surface area contributed by atoms with Gasteiger partial charge in [-0.1, -0.05) is 13.3 Å². The number of thiazole rings is 1. The molecule has 1 aliphatic carbocycles. The van der Waals surface area contributed by atoms with Crippen LogP contribution in [0.5, 0.6) is 0 Å². The summed E-state index contributed by atoms with van der Waals surface area (Å²) >= 11 is 1.39. The Morgan fingerprint density at radius 3 is 2.56 bits per heavy atom. The van der Waals surface area contributed by atoms with Crippen molar-refractivity contribution in [3.63, 3.8) is 0 Å². The number of carboxylic acid groups (broad SMARTS) is 1. The van der Waals surface area contributed by atoms with E-state index in [2.05, 4.69) is 10.3 Å². The van der Waals surface area contributed by atoms with E-state index < -0.39 is 17.3 Å². The Kier molecular flexibility index (Phi) is 3.38. The first kappa shape index (κ1) is 13.0. The molecule has 2 rings (SSSR count). The van der Waals surface area contributed by atoms with Gasteiger partial charge in [0.05, 0.1) is 5.69 Å². The number of carboxylic acids is 1. The van der Waals surface area contributed by atoms with Crippen LogP contribution in [-0.4, -0.2) is 22.0 Å². The van der Waals surface area contributed by atoms with Crippen molar-refractivity contribution in [1.29, 1.82) is 0 Å². The number of carbonyl (C=O) groups is 2. The molecule has 1 amide bonds. The molecule has 1 fully saturated rings. The van der Waals surface area contributed by atoms with Crippen molar-refractivity contribution in [2.45, 2.75) is 39.5 Å². The van der Waals surface area contributed by atoms with E-state index in [9.17, 15) is 9.59 Å². The molecule has 1 aromatic rings. The third kappa shape index (κ3) is 2.01. The van der Waals surface area contributed by atoms with Crippen molar-refractivity contribution in [2.75, 3.05) is 5.32 Å². The fourth-order valence-corrected chi connectivity index (χ4v) is 2.99. The van der Waals surface area contributed by atoms with Crippen LogP contribution in [0.1, 0.15) is 36.8 Å². The van der Waals surface area contributed by atoms with E-state index in [1.165, 1.54) is 11.3 Å². The number of aliphatic carboxylic acids is 1. The minimum absolute atomic E-state index is 0.416. The van der Waals surface area contributed by atoms with Crippen molar-refractivity contribution in [3.8, 4) is 0 Å². The maximum atomic E-state index is 12.0. The Labute approximate surface area is 109 Å². The van der Waals surface area contributed by atoms with Crippen LogP contribution in [0.25, 0.3) is 0 Å². The lowest BCUT2D eigenvalue weighted by Crippen LogP contribution is -2.48. The molecule has 2 N–H and O–H groups in total. The summed E-state index contributed by atoms with van der Waals surface area (Å²) in [4.78, 5) is 28.6. The third-order valence-corrected chi connectivity index (χ3v) is 4.43. The van der Waals surface area contributed by atoms with Crippen molar-refractivity contribution < 1.29 is 14.7 Å². The van der Waals surface area contributed by atoms with Crippen LogP contribution in [0, 0.1) is 12.3 Å². The monoisotopic (exact) mass is 268 g/mol. The Morgan fingerprint density at radius 1 is 1.50 bits per heavy atom. The lowest BCUT2D eigenvalue weighted by Gasteiger charge is -2.35. The molecular formula is C12H16N2O3S. The number of anilines is 1. The molecule has 0 aliphatic heterocycles. The number of nitrogens with zero attached hydrogens (tertiary/aromatic N) is 1. The number of nitrogens with one attached hydrogen (secondary N) is 1. The molecule has 0 bridgehead atoms. The lowest BCUT2D eigenvalue weighted by atomic mass is 9.68. The second-order valence-corrected chi connectivity index (χ2v) is 5.77. The molecule has 0 spiro atoms. The maximum Gasteiger partial charge on any atom is 0.319 e. The third-order valence-electron chi connectivity index (χ3n) is 3.50. The molecule has 5 nitrogen and oxygen atoms in total. The number of hydrogen-bond acceptors (Lipinski definition) is 4. The summed E-state index contributed by atoms with van der Waals surface area (Å²) in [6.07, 6.45) is 2.43. The molecule has 0 aromatic carbocycles. The molecule has 1 aliphatic rings. The second kappa shape index (κ2) is 4.68. The first-order valence-electron chi connectivity index (χ1n) is 6.01. The van der Waals surface area contributed by atoms with E-state index in [0.29, 0.717) is 18.0 Å². The maximum absolute atomic E-state index is 12.0. The average molecular weight is 268 g/mol. The highest BCUT2D eigenvalue weighted by atomic mass is 32.1. The van der Waals surface area contributed by atoms with Gasteiger partial charge in [0, 0.05) is 4.88 Å². The van der Waals surface area contributed by atoms with Gasteiger partial charge in [0.2, 0.25) is 5.91 Å². The number of aromatic nitrogens is 1. The van der Waals surface area contributed by atoms with Gasteiger partial charge in [0.15, 0.2) is 5.13 Å². The standard InChI is InChI=1S/C12H16N2O3S/c1-3-8-7(2)18-11(13-8)14-9(15)12(10(16)17)5-4-6-12/h3-6H2,1-2H3,(H,16,17)(H,13,14,15). The molecule has 1 aromatic heterocycles. The van der Waals surface area contributed by atoms with Gasteiger partial charge in [0.25, 0.3) is 0 Å². The summed E-state index contributed by atoms with van der Waals surface area (Å²) in [5.41, 5.74) is -0.278. The minimum Gasteiger partial charge on any atom is -0.480 e. The smallest absolute Gasteiger partial charge is 0.319 e. The van der Waals surface area contributed by atoms with Crippen molar-refractivity contribution in [2.24, 2.45) is 5.41 Å². The number of carbonyl (C=O) groups excluding carboxylic acids is 1. The van der Waals surface area contributed by atoms with E-state index in [1.54, 1.807) is 0 Å². The molecule has 0 unspecified atom stereocenters. The fraction of sp³-hybridized carbons (Fsp3) is 0.583. The van der Waals surface area contributed by atoms with Crippen LogP contribution in [0.3, 0.4) is 0 Å². The van der Waals surface area contributed by atoms with Gasteiger partial charge < -0.3 is 10.4 Å². The molecule has 0 atom stereocenters. The van der Waals surface area contributed by atoms with Crippen molar-refractivity contribution in [3.05, 3.63) is 10.6 Å². The van der Waals surface area contributed by atoms with Gasteiger partial charge in [0.1, 0.15) is 5.41 Å². The van der Waals surface area contributed by atoms with Gasteiger partial charge >= 0.3 is 5.97 Å². The Morgan fingerprint density at radius 2 is 2.17 bits per heavy atom. The fourth-order valence-electron chi connectivity index (χ4n) is 2.09. The van der Waals surface area contributed by atoms with E-state index in [-0.39, 0.29) is 0 Å². The summed E-state index contributed by atoms with van der Waals surface area (Å²) in [6.45, 7) is 3.95. The zero-order chi connectivity index (χ0) is 13.3. The van der Waals surface area contributed by atoms with Gasteiger partial charge in [-0.05, 0) is 26.2 Å². The van der Waals surface area contributed by atoms with Crippen LogP contribution in [0.2, 0.25) is 0 Å². The first-order chi connectivity index (χ1) is 8.49. The largest absolute Gasteiger partial charge is 0.480 e. The molecule has 0 saturated heterocycles. The predicted molar refractivity (Wildman–Crippen MR) is 68.8 cm³/mol. The summed E-state index contributed by atoms with van der Waals surface area (Å²) in [5.74, 6) is -1.46. The molecule has 1 saturated carbocycles. The zero-order valence-corrected chi connectivity index (χ0v) is 11.3. The highest BCUT2D eigenvalue weighted by Gasteiger charge is 2.51. The quantitative estimate of drug-likeness (QED) is 0.820. The SMILES string of the molecule is CCc1nc(NC(=O)C2(C(=O)O)CCC2)sc1C. The minimum atomic E-state index is -1.23. The topological polar surface area (TPSA) is 79.3 Å². The normalized spacial score (nSPS) is 17.0. The van der Waals surface area contributed by atoms with Gasteiger partial charge in [-0.15, -0.1) is 11.3 Å². The molecule has 98 valence electrons. The number of rotatable bonds is 4. The molecule has 0 radical (unpaired) electrons. The molecule has 1 heterocycles. The van der Waals surface area contributed by atoms with Crippen LogP contribution < -0.4 is 5.32 Å². The Hall–Kier alpha value is -1.43. The summed E-state index contributed by atoms with van der Waals surface area (Å²) in [6, 6.07) is 0. The lowest BCUT2D eigenvalue weighted by molar-refractivity contribution is -0.159. The zero-order valence-electron chi connectivity index (χ0n) is 10.4. The van der Waals surface area contributed by atoms with Crippen molar-refractivity contribution >= 4 is 28.3 Å². The van der Waals surface area contributed by atoms with Crippen LogP contribution in [0.15, 0.2) is 0 Å². The van der Waals surface area contributed by atoms with Crippen LogP contribution >= 0.6 is 11.3 Å². The summed E-state index contributed by atoms with van der Waals surface area (Å²) < 4.78 is 0.